The Hall–Kier alpha value is -1.10. The summed E-state index contributed by atoms with van der Waals surface area (Å²) < 4.78 is 5.39. The van der Waals surface area contributed by atoms with Crippen molar-refractivity contribution in [3.63, 3.8) is 0 Å². The number of carbonyl (C=O) groups is 1. The summed E-state index contributed by atoms with van der Waals surface area (Å²) in [7, 11) is 0. The number of hydrogen-bond acceptors (Lipinski definition) is 3. The Morgan fingerprint density at radius 2 is 2.25 bits per heavy atom. The van der Waals surface area contributed by atoms with Gasteiger partial charge in [0.15, 0.2) is 0 Å². The van der Waals surface area contributed by atoms with Gasteiger partial charge >= 0.3 is 0 Å². The second kappa shape index (κ2) is 8.95. The Morgan fingerprint density at radius 1 is 1.45 bits per heavy atom. The molecule has 2 rings (SSSR count). The monoisotopic (exact) mass is 298 g/mol. The highest BCUT2D eigenvalue weighted by Gasteiger charge is 2.19. The van der Waals surface area contributed by atoms with Gasteiger partial charge < -0.3 is 15.4 Å². The summed E-state index contributed by atoms with van der Waals surface area (Å²) in [5, 5.41) is 6.21. The Labute approximate surface area is 126 Å². The van der Waals surface area contributed by atoms with Crippen molar-refractivity contribution in [1.29, 1.82) is 0 Å². The zero-order valence-corrected chi connectivity index (χ0v) is 12.7. The van der Waals surface area contributed by atoms with E-state index in [1.54, 1.807) is 0 Å². The molecule has 1 aliphatic rings. The number of benzene rings is 1. The number of rotatable bonds is 4. The topological polar surface area (TPSA) is 50.4 Å². The minimum Gasteiger partial charge on any atom is -0.379 e. The number of hydrogen-bond donors (Lipinski definition) is 2. The fourth-order valence-corrected chi connectivity index (χ4v) is 2.23. The molecule has 1 aliphatic heterocycles. The summed E-state index contributed by atoms with van der Waals surface area (Å²) >= 11 is 0. The molecule has 0 aromatic heterocycles. The molecule has 4 nitrogen and oxygen atoms in total. The Bertz CT molecular complexity index is 418. The van der Waals surface area contributed by atoms with Crippen LogP contribution in [0, 0.1) is 12.8 Å². The van der Waals surface area contributed by atoms with Crippen molar-refractivity contribution in [2.75, 3.05) is 32.8 Å². The van der Waals surface area contributed by atoms with E-state index in [-0.39, 0.29) is 24.2 Å². The van der Waals surface area contributed by atoms with Gasteiger partial charge in [0.1, 0.15) is 0 Å². The van der Waals surface area contributed by atoms with E-state index >= 15 is 0 Å². The van der Waals surface area contributed by atoms with E-state index in [1.807, 2.05) is 12.1 Å². The van der Waals surface area contributed by atoms with E-state index in [2.05, 4.69) is 29.7 Å². The van der Waals surface area contributed by atoms with E-state index in [0.717, 1.165) is 13.0 Å². The molecule has 0 aliphatic carbocycles. The first-order valence-electron chi connectivity index (χ1n) is 6.88. The number of nitrogens with one attached hydrogen (secondary N) is 2. The third-order valence-electron chi connectivity index (χ3n) is 3.46. The molecule has 1 amide bonds. The molecule has 1 atom stereocenters. The molecule has 0 bridgehead atoms. The van der Waals surface area contributed by atoms with E-state index in [4.69, 9.17) is 4.74 Å². The smallest absolute Gasteiger partial charge is 0.226 e. The van der Waals surface area contributed by atoms with Crippen LogP contribution in [0.15, 0.2) is 24.3 Å². The van der Waals surface area contributed by atoms with Gasteiger partial charge in [0, 0.05) is 19.6 Å². The number of halogens is 1. The average Bonchev–Trinajstić information content (AvgIpc) is 2.70. The second-order valence-corrected chi connectivity index (χ2v) is 4.94. The highest BCUT2D eigenvalue weighted by molar-refractivity contribution is 5.85. The summed E-state index contributed by atoms with van der Waals surface area (Å²) in [5.74, 6) is 0.0161. The van der Waals surface area contributed by atoms with Crippen LogP contribution in [0.4, 0.5) is 0 Å². The van der Waals surface area contributed by atoms with Crippen LogP contribution in [0.25, 0.3) is 0 Å². The quantitative estimate of drug-likeness (QED) is 0.881. The minimum atomic E-state index is -0.0700. The van der Waals surface area contributed by atoms with Crippen LogP contribution in [0.1, 0.15) is 11.1 Å². The zero-order valence-electron chi connectivity index (χ0n) is 11.9. The van der Waals surface area contributed by atoms with Crippen LogP contribution in [0.2, 0.25) is 0 Å². The van der Waals surface area contributed by atoms with Gasteiger partial charge in [0.2, 0.25) is 5.91 Å². The molecule has 20 heavy (non-hydrogen) atoms. The van der Waals surface area contributed by atoms with Crippen LogP contribution < -0.4 is 10.6 Å². The van der Waals surface area contributed by atoms with Crippen molar-refractivity contribution in [3.05, 3.63) is 35.4 Å². The largest absolute Gasteiger partial charge is 0.379 e. The van der Waals surface area contributed by atoms with Crippen molar-refractivity contribution >= 4 is 18.3 Å². The van der Waals surface area contributed by atoms with E-state index in [0.29, 0.717) is 26.3 Å². The molecule has 0 radical (unpaired) electrons. The van der Waals surface area contributed by atoms with Gasteiger partial charge in [-0.2, -0.15) is 0 Å². The molecule has 1 aromatic carbocycles. The molecular formula is C15H23ClN2O2. The van der Waals surface area contributed by atoms with E-state index in [9.17, 15) is 4.79 Å². The number of amides is 1. The van der Waals surface area contributed by atoms with Crippen molar-refractivity contribution in [2.45, 2.75) is 13.3 Å². The third-order valence-corrected chi connectivity index (χ3v) is 3.46. The normalized spacial score (nSPS) is 18.8. The first kappa shape index (κ1) is 17.0. The zero-order chi connectivity index (χ0) is 13.5. The molecule has 1 unspecified atom stereocenters. The average molecular weight is 299 g/mol. The molecule has 0 spiro atoms. The lowest BCUT2D eigenvalue weighted by Gasteiger charge is -2.14. The highest BCUT2D eigenvalue weighted by Crippen LogP contribution is 2.07. The molecule has 1 fully saturated rings. The lowest BCUT2D eigenvalue weighted by atomic mass is 10.1. The van der Waals surface area contributed by atoms with E-state index in [1.165, 1.54) is 11.1 Å². The van der Waals surface area contributed by atoms with Gasteiger partial charge in [-0.15, -0.1) is 12.4 Å². The minimum absolute atomic E-state index is 0. The molecule has 2 N–H and O–H groups in total. The number of aryl methyl sites for hydroxylation is 1. The Kier molecular flexibility index (Phi) is 7.59. The molecular weight excluding hydrogens is 276 g/mol. The van der Waals surface area contributed by atoms with Crippen LogP contribution >= 0.6 is 12.4 Å². The summed E-state index contributed by atoms with van der Waals surface area (Å²) in [4.78, 5) is 12.0. The van der Waals surface area contributed by atoms with Crippen molar-refractivity contribution < 1.29 is 9.53 Å². The maximum atomic E-state index is 12.0. The molecule has 1 aromatic rings. The third kappa shape index (κ3) is 5.12. The van der Waals surface area contributed by atoms with Gasteiger partial charge in [0.25, 0.3) is 0 Å². The number of carbonyl (C=O) groups excluding carboxylic acids is 1. The van der Waals surface area contributed by atoms with Gasteiger partial charge in [-0.1, -0.05) is 24.3 Å². The van der Waals surface area contributed by atoms with Crippen molar-refractivity contribution in [3.8, 4) is 0 Å². The SMILES string of the molecule is Cc1ccccc1CCNC(=O)C1CNCCOC1.Cl. The summed E-state index contributed by atoms with van der Waals surface area (Å²) in [6.45, 7) is 5.51. The fourth-order valence-electron chi connectivity index (χ4n) is 2.23. The first-order chi connectivity index (χ1) is 9.27. The summed E-state index contributed by atoms with van der Waals surface area (Å²) in [6.07, 6.45) is 0.874. The predicted octanol–water partition coefficient (Wildman–Crippen LogP) is 1.31. The van der Waals surface area contributed by atoms with Crippen LogP contribution in [-0.4, -0.2) is 38.8 Å². The number of ether oxygens (including phenoxy) is 1. The second-order valence-electron chi connectivity index (χ2n) is 4.94. The van der Waals surface area contributed by atoms with Gasteiger partial charge in [-0.25, -0.2) is 0 Å². The molecule has 1 saturated heterocycles. The fraction of sp³-hybridized carbons (Fsp3) is 0.533. The summed E-state index contributed by atoms with van der Waals surface area (Å²) in [6, 6.07) is 8.27. The highest BCUT2D eigenvalue weighted by atomic mass is 35.5. The van der Waals surface area contributed by atoms with Gasteiger partial charge in [-0.05, 0) is 24.5 Å². The molecule has 0 saturated carbocycles. The van der Waals surface area contributed by atoms with E-state index < -0.39 is 0 Å². The Morgan fingerprint density at radius 3 is 3.05 bits per heavy atom. The van der Waals surface area contributed by atoms with Crippen LogP contribution in [0.3, 0.4) is 0 Å². The standard InChI is InChI=1S/C15H22N2O2.ClH/c1-12-4-2-3-5-13(12)6-7-17-15(18)14-10-16-8-9-19-11-14;/h2-5,14,16H,6-11H2,1H3,(H,17,18);1H. The van der Waals surface area contributed by atoms with Gasteiger partial charge in [-0.3, -0.25) is 4.79 Å². The van der Waals surface area contributed by atoms with Crippen LogP contribution in [0.5, 0.6) is 0 Å². The maximum Gasteiger partial charge on any atom is 0.226 e. The lowest BCUT2D eigenvalue weighted by molar-refractivity contribution is -0.126. The van der Waals surface area contributed by atoms with Crippen molar-refractivity contribution in [1.82, 2.24) is 10.6 Å². The van der Waals surface area contributed by atoms with Gasteiger partial charge in [0.05, 0.1) is 19.1 Å². The summed E-state index contributed by atoms with van der Waals surface area (Å²) in [5.41, 5.74) is 2.56. The predicted molar refractivity (Wildman–Crippen MR) is 82.3 cm³/mol. The lowest BCUT2D eigenvalue weighted by Crippen LogP contribution is -2.38. The Balaban J connectivity index is 0.00000200. The molecule has 1 heterocycles. The molecule has 5 heteroatoms. The first-order valence-corrected chi connectivity index (χ1v) is 6.88. The molecule has 112 valence electrons. The van der Waals surface area contributed by atoms with Crippen molar-refractivity contribution in [2.24, 2.45) is 5.92 Å². The maximum absolute atomic E-state index is 12.0. The van der Waals surface area contributed by atoms with Crippen LogP contribution in [-0.2, 0) is 16.0 Å².